The van der Waals surface area contributed by atoms with Gasteiger partial charge >= 0.3 is 0 Å². The fraction of sp³-hybridized carbons (Fsp3) is 0.652. The van der Waals surface area contributed by atoms with E-state index < -0.39 is 11.6 Å². The molecule has 1 aromatic carbocycles. The summed E-state index contributed by atoms with van der Waals surface area (Å²) in [5.41, 5.74) is -0.961. The molecule has 2 unspecified atom stereocenters. The van der Waals surface area contributed by atoms with E-state index in [2.05, 4.69) is 5.32 Å². The number of aromatic hydroxyl groups is 2. The molecule has 8 heteroatoms. The maximum atomic E-state index is 13.1. The van der Waals surface area contributed by atoms with E-state index in [1.807, 2.05) is 13.8 Å². The van der Waals surface area contributed by atoms with Crippen LogP contribution in [0.2, 0.25) is 0 Å². The van der Waals surface area contributed by atoms with E-state index in [9.17, 15) is 19.8 Å². The quantitative estimate of drug-likeness (QED) is 0.485. The number of ether oxygens (including phenoxy) is 2. The maximum absolute atomic E-state index is 13.1. The van der Waals surface area contributed by atoms with E-state index in [0.717, 1.165) is 25.7 Å². The van der Waals surface area contributed by atoms with Crippen molar-refractivity contribution in [2.45, 2.75) is 70.4 Å². The van der Waals surface area contributed by atoms with Gasteiger partial charge < -0.3 is 25.0 Å². The van der Waals surface area contributed by atoms with Crippen LogP contribution in [0, 0.1) is 5.41 Å². The van der Waals surface area contributed by atoms with E-state index in [-0.39, 0.29) is 53.4 Å². The first-order valence-corrected chi connectivity index (χ1v) is 11.2. The van der Waals surface area contributed by atoms with Gasteiger partial charge in [-0.15, -0.1) is 0 Å². The highest BCUT2D eigenvalue weighted by Gasteiger charge is 2.48. The van der Waals surface area contributed by atoms with Crippen molar-refractivity contribution in [3.63, 3.8) is 0 Å². The zero-order valence-electron chi connectivity index (χ0n) is 18.3. The topological polar surface area (TPSA) is 108 Å². The highest BCUT2D eigenvalue weighted by molar-refractivity contribution is 5.98. The molecule has 4 rings (SSSR count). The van der Waals surface area contributed by atoms with Gasteiger partial charge in [-0.25, -0.2) is 0 Å². The minimum atomic E-state index is -0.799. The Morgan fingerprint density at radius 2 is 1.71 bits per heavy atom. The Hall–Kier alpha value is -2.48. The molecule has 2 aliphatic heterocycles. The molecule has 0 bridgehead atoms. The molecule has 3 N–H and O–H groups in total. The molecule has 0 radical (unpaired) electrons. The summed E-state index contributed by atoms with van der Waals surface area (Å²) >= 11 is 0. The standard InChI is InChI=1S/C23H32N2O6/c1-3-24-22(2,17-13-30-20-15(26)7-8-16(27)21(20)31-17)14-25-18(28)11-23(12-19(25)29)9-5-4-6-10-23/h7-8,17,24,26-27H,3-6,9-14H2,1-2H3. The molecule has 2 atom stereocenters. The van der Waals surface area contributed by atoms with Crippen LogP contribution in [0.25, 0.3) is 0 Å². The summed E-state index contributed by atoms with van der Waals surface area (Å²) in [5.74, 6) is -0.339. The smallest absolute Gasteiger partial charge is 0.229 e. The number of nitrogens with zero attached hydrogens (tertiary/aromatic N) is 1. The summed E-state index contributed by atoms with van der Waals surface area (Å²) in [6.07, 6.45) is 5.48. The van der Waals surface area contributed by atoms with E-state index in [4.69, 9.17) is 9.47 Å². The van der Waals surface area contributed by atoms with Crippen molar-refractivity contribution in [1.29, 1.82) is 0 Å². The van der Waals surface area contributed by atoms with Crippen LogP contribution in [0.5, 0.6) is 23.0 Å². The Morgan fingerprint density at radius 3 is 2.32 bits per heavy atom. The summed E-state index contributed by atoms with van der Waals surface area (Å²) in [4.78, 5) is 27.5. The van der Waals surface area contributed by atoms with Gasteiger partial charge in [0.2, 0.25) is 23.3 Å². The van der Waals surface area contributed by atoms with Gasteiger partial charge in [0.05, 0.1) is 12.1 Å². The van der Waals surface area contributed by atoms with Crippen molar-refractivity contribution in [2.24, 2.45) is 5.41 Å². The number of fused-ring (bicyclic) bond motifs is 1. The monoisotopic (exact) mass is 432 g/mol. The predicted octanol–water partition coefficient (Wildman–Crippen LogP) is 2.71. The van der Waals surface area contributed by atoms with Gasteiger partial charge in [0.25, 0.3) is 0 Å². The summed E-state index contributed by atoms with van der Waals surface area (Å²) < 4.78 is 11.7. The zero-order valence-corrected chi connectivity index (χ0v) is 18.3. The van der Waals surface area contributed by atoms with Crippen LogP contribution in [0.3, 0.4) is 0 Å². The van der Waals surface area contributed by atoms with Gasteiger partial charge in [-0.05, 0) is 43.9 Å². The molecule has 8 nitrogen and oxygen atoms in total. The van der Waals surface area contributed by atoms with Crippen LogP contribution in [-0.2, 0) is 9.59 Å². The number of imide groups is 1. The minimum Gasteiger partial charge on any atom is -0.504 e. The number of phenolic OH excluding ortho intramolecular Hbond substituents is 2. The lowest BCUT2D eigenvalue weighted by Gasteiger charge is -2.46. The Labute approximate surface area is 182 Å². The highest BCUT2D eigenvalue weighted by Crippen LogP contribution is 2.48. The fourth-order valence-corrected chi connectivity index (χ4v) is 5.31. The number of carbonyl (C=O) groups is 2. The van der Waals surface area contributed by atoms with E-state index in [0.29, 0.717) is 19.4 Å². The first-order valence-electron chi connectivity index (χ1n) is 11.2. The largest absolute Gasteiger partial charge is 0.504 e. The summed E-state index contributed by atoms with van der Waals surface area (Å²) in [6.45, 7) is 4.68. The number of hydrogen-bond acceptors (Lipinski definition) is 7. The molecule has 3 aliphatic rings. The SMILES string of the molecule is CCNC(C)(CN1C(=O)CC2(CCCCC2)CC1=O)C1COc2c(O)ccc(O)c2O1. The number of hydrogen-bond donors (Lipinski definition) is 3. The van der Waals surface area contributed by atoms with Gasteiger partial charge in [-0.3, -0.25) is 14.5 Å². The molecule has 1 saturated carbocycles. The van der Waals surface area contributed by atoms with Crippen LogP contribution < -0.4 is 14.8 Å². The van der Waals surface area contributed by atoms with E-state index in [1.54, 1.807) is 0 Å². The molecule has 2 amide bonds. The number of rotatable bonds is 5. The fourth-order valence-electron chi connectivity index (χ4n) is 5.31. The van der Waals surface area contributed by atoms with Gasteiger partial charge in [0, 0.05) is 12.8 Å². The second-order valence-corrected chi connectivity index (χ2v) is 9.42. The maximum Gasteiger partial charge on any atom is 0.229 e. The number of likely N-dealkylation sites (tertiary alicyclic amines) is 1. The van der Waals surface area contributed by atoms with Crippen LogP contribution in [0.15, 0.2) is 12.1 Å². The molecule has 1 spiro atoms. The lowest BCUT2D eigenvalue weighted by molar-refractivity contribution is -0.157. The van der Waals surface area contributed by atoms with Gasteiger partial charge in [-0.2, -0.15) is 0 Å². The highest BCUT2D eigenvalue weighted by atomic mass is 16.6. The molecule has 0 aromatic heterocycles. The number of amides is 2. The first kappa shape index (κ1) is 21.7. The molecular weight excluding hydrogens is 400 g/mol. The summed E-state index contributed by atoms with van der Waals surface area (Å²) in [7, 11) is 0. The third-order valence-electron chi connectivity index (χ3n) is 7.06. The number of carbonyl (C=O) groups excluding carboxylic acids is 2. The van der Waals surface area contributed by atoms with Crippen LogP contribution >= 0.6 is 0 Å². The van der Waals surface area contributed by atoms with E-state index in [1.165, 1.54) is 23.5 Å². The van der Waals surface area contributed by atoms with Crippen LogP contribution in [0.4, 0.5) is 0 Å². The van der Waals surface area contributed by atoms with Crippen molar-refractivity contribution >= 4 is 11.8 Å². The molecule has 1 saturated heterocycles. The Kier molecular flexibility index (Phi) is 5.77. The number of likely N-dealkylation sites (N-methyl/N-ethyl adjacent to an activating group) is 1. The second-order valence-electron chi connectivity index (χ2n) is 9.42. The molecule has 31 heavy (non-hydrogen) atoms. The van der Waals surface area contributed by atoms with Crippen LogP contribution in [0.1, 0.15) is 58.8 Å². The van der Waals surface area contributed by atoms with E-state index >= 15 is 0 Å². The summed E-state index contributed by atoms with van der Waals surface area (Å²) in [6, 6.07) is 2.68. The molecule has 1 aromatic rings. The van der Waals surface area contributed by atoms with Crippen molar-refractivity contribution in [3.05, 3.63) is 12.1 Å². The minimum absolute atomic E-state index is 0.0674. The third-order valence-corrected chi connectivity index (χ3v) is 7.06. The average Bonchev–Trinajstić information content (AvgIpc) is 2.74. The molecule has 1 aliphatic carbocycles. The number of phenols is 2. The third kappa shape index (κ3) is 4.05. The van der Waals surface area contributed by atoms with Crippen LogP contribution in [-0.4, -0.2) is 58.3 Å². The second kappa shape index (κ2) is 8.22. The Morgan fingerprint density at radius 1 is 1.10 bits per heavy atom. The summed E-state index contributed by atoms with van der Waals surface area (Å²) in [5, 5.41) is 23.5. The normalized spacial score (nSPS) is 24.8. The Bertz CT molecular complexity index is 846. The van der Waals surface area contributed by atoms with Crippen molar-refractivity contribution in [1.82, 2.24) is 10.2 Å². The predicted molar refractivity (Wildman–Crippen MR) is 113 cm³/mol. The zero-order chi connectivity index (χ0) is 22.2. The van der Waals surface area contributed by atoms with Gasteiger partial charge in [0.1, 0.15) is 6.61 Å². The van der Waals surface area contributed by atoms with Gasteiger partial charge in [0.15, 0.2) is 17.6 Å². The number of benzene rings is 1. The molecule has 170 valence electrons. The average molecular weight is 433 g/mol. The lowest BCUT2D eigenvalue weighted by Crippen LogP contribution is -2.65. The Balaban J connectivity index is 1.54. The molecule has 2 fully saturated rings. The lowest BCUT2D eigenvalue weighted by atomic mass is 9.67. The molecular formula is C23H32N2O6. The van der Waals surface area contributed by atoms with Gasteiger partial charge in [-0.1, -0.05) is 26.2 Å². The molecule has 2 heterocycles. The number of piperidine rings is 1. The van der Waals surface area contributed by atoms with Crippen molar-refractivity contribution < 1.29 is 29.3 Å². The first-order chi connectivity index (χ1) is 14.8. The van der Waals surface area contributed by atoms with Crippen molar-refractivity contribution in [2.75, 3.05) is 19.7 Å². The van der Waals surface area contributed by atoms with Crippen molar-refractivity contribution in [3.8, 4) is 23.0 Å². The number of nitrogens with one attached hydrogen (secondary N) is 1.